The highest BCUT2D eigenvalue weighted by Gasteiger charge is 2.17. The van der Waals surface area contributed by atoms with Crippen LogP contribution in [0, 0.1) is 21.4 Å². The first-order valence-corrected chi connectivity index (χ1v) is 12.0. The van der Waals surface area contributed by atoms with Gasteiger partial charge in [-0.1, -0.05) is 30.0 Å². The Morgan fingerprint density at radius 1 is 1.14 bits per heavy atom. The van der Waals surface area contributed by atoms with Gasteiger partial charge >= 0.3 is 6.03 Å². The molecule has 0 radical (unpaired) electrons. The number of anilines is 1. The molecule has 3 aromatic carbocycles. The number of benzene rings is 3. The van der Waals surface area contributed by atoms with Gasteiger partial charge in [0.25, 0.3) is 5.69 Å². The van der Waals surface area contributed by atoms with Gasteiger partial charge in [0.05, 0.1) is 30.2 Å². The van der Waals surface area contributed by atoms with Crippen LogP contribution in [0.2, 0.25) is 0 Å². The lowest BCUT2D eigenvalue weighted by Crippen LogP contribution is -2.29. The lowest BCUT2D eigenvalue weighted by Gasteiger charge is -2.12. The van der Waals surface area contributed by atoms with E-state index in [0.717, 1.165) is 11.3 Å². The molecule has 4 aromatic rings. The van der Waals surface area contributed by atoms with E-state index in [0.29, 0.717) is 33.7 Å². The number of thioether (sulfide) groups is 1. The van der Waals surface area contributed by atoms with Crippen LogP contribution in [0.5, 0.6) is 5.75 Å². The molecule has 2 amide bonds. The molecule has 0 saturated heterocycles. The SMILES string of the molecule is COc1cccc(CSc2nnc(CNC(=O)Nc3cccc(C#N)c3)n2-c2ccc([N+](=O)[O-])cc2)c1. The molecule has 0 fully saturated rings. The van der Waals surface area contributed by atoms with Crippen molar-refractivity contribution in [1.82, 2.24) is 20.1 Å². The van der Waals surface area contributed by atoms with E-state index in [4.69, 9.17) is 10.00 Å². The maximum absolute atomic E-state index is 12.5. The minimum Gasteiger partial charge on any atom is -0.497 e. The van der Waals surface area contributed by atoms with Crippen LogP contribution in [0.3, 0.4) is 0 Å². The molecule has 4 rings (SSSR count). The molecule has 12 heteroatoms. The lowest BCUT2D eigenvalue weighted by molar-refractivity contribution is -0.384. The number of ether oxygens (including phenoxy) is 1. The van der Waals surface area contributed by atoms with Gasteiger partial charge < -0.3 is 15.4 Å². The Labute approximate surface area is 216 Å². The van der Waals surface area contributed by atoms with Crippen LogP contribution in [0.15, 0.2) is 78.0 Å². The molecule has 0 spiro atoms. The number of hydrogen-bond donors (Lipinski definition) is 2. The van der Waals surface area contributed by atoms with Gasteiger partial charge in [0.1, 0.15) is 5.75 Å². The number of nitrogens with one attached hydrogen (secondary N) is 2. The van der Waals surface area contributed by atoms with Crippen molar-refractivity contribution in [2.75, 3.05) is 12.4 Å². The van der Waals surface area contributed by atoms with Crippen LogP contribution in [0.4, 0.5) is 16.2 Å². The molecule has 0 atom stereocenters. The number of methoxy groups -OCH3 is 1. The number of carbonyl (C=O) groups is 1. The number of carbonyl (C=O) groups excluding carboxylic acids is 1. The molecule has 37 heavy (non-hydrogen) atoms. The Hall–Kier alpha value is -4.89. The van der Waals surface area contributed by atoms with Crippen LogP contribution in [-0.4, -0.2) is 32.8 Å². The number of nitrogens with zero attached hydrogens (tertiary/aromatic N) is 5. The number of nitriles is 1. The number of nitro groups is 1. The summed E-state index contributed by atoms with van der Waals surface area (Å²) in [6.07, 6.45) is 0. The van der Waals surface area contributed by atoms with Gasteiger partial charge in [0, 0.05) is 29.3 Å². The van der Waals surface area contributed by atoms with E-state index in [9.17, 15) is 14.9 Å². The number of nitro benzene ring substituents is 1. The zero-order valence-electron chi connectivity index (χ0n) is 19.6. The van der Waals surface area contributed by atoms with Crippen LogP contribution >= 0.6 is 11.8 Å². The molecule has 1 heterocycles. The quantitative estimate of drug-likeness (QED) is 0.186. The highest BCUT2D eigenvalue weighted by Crippen LogP contribution is 2.27. The summed E-state index contributed by atoms with van der Waals surface area (Å²) in [6.45, 7) is 0.0352. The molecule has 1 aromatic heterocycles. The molecule has 186 valence electrons. The van der Waals surface area contributed by atoms with E-state index in [-0.39, 0.29) is 12.2 Å². The summed E-state index contributed by atoms with van der Waals surface area (Å²) < 4.78 is 7.03. The van der Waals surface area contributed by atoms with Crippen LogP contribution in [0.1, 0.15) is 17.0 Å². The van der Waals surface area contributed by atoms with Crippen molar-refractivity contribution in [3.05, 3.63) is 99.9 Å². The van der Waals surface area contributed by atoms with E-state index in [1.165, 1.54) is 23.9 Å². The smallest absolute Gasteiger partial charge is 0.319 e. The molecule has 0 unspecified atom stereocenters. The summed E-state index contributed by atoms with van der Waals surface area (Å²) in [6, 6.07) is 21.7. The maximum Gasteiger partial charge on any atom is 0.319 e. The average molecular weight is 516 g/mol. The maximum atomic E-state index is 12.5. The average Bonchev–Trinajstić information content (AvgIpc) is 3.33. The summed E-state index contributed by atoms with van der Waals surface area (Å²) in [5.74, 6) is 1.75. The van der Waals surface area contributed by atoms with Crippen molar-refractivity contribution >= 4 is 29.2 Å². The van der Waals surface area contributed by atoms with Crippen LogP contribution in [-0.2, 0) is 12.3 Å². The number of non-ortho nitro benzene ring substituents is 1. The Morgan fingerprint density at radius 3 is 2.65 bits per heavy atom. The van der Waals surface area contributed by atoms with Crippen molar-refractivity contribution in [2.24, 2.45) is 0 Å². The first kappa shape index (κ1) is 25.2. The Morgan fingerprint density at radius 2 is 1.92 bits per heavy atom. The second-order valence-corrected chi connectivity index (χ2v) is 8.59. The summed E-state index contributed by atoms with van der Waals surface area (Å²) >= 11 is 1.43. The molecular weight excluding hydrogens is 494 g/mol. The molecule has 11 nitrogen and oxygen atoms in total. The first-order chi connectivity index (χ1) is 18.0. The zero-order valence-corrected chi connectivity index (χ0v) is 20.4. The molecule has 0 bridgehead atoms. The van der Waals surface area contributed by atoms with Gasteiger partial charge in [-0.2, -0.15) is 5.26 Å². The fraction of sp³-hybridized carbons (Fsp3) is 0.120. The number of urea groups is 1. The third-order valence-corrected chi connectivity index (χ3v) is 6.18. The predicted molar refractivity (Wildman–Crippen MR) is 138 cm³/mol. The van der Waals surface area contributed by atoms with Crippen LogP contribution in [0.25, 0.3) is 5.69 Å². The lowest BCUT2D eigenvalue weighted by atomic mass is 10.2. The van der Waals surface area contributed by atoms with Crippen molar-refractivity contribution in [1.29, 1.82) is 5.26 Å². The summed E-state index contributed by atoms with van der Waals surface area (Å²) in [5.41, 5.74) is 2.49. The second-order valence-electron chi connectivity index (χ2n) is 7.65. The number of aromatic nitrogens is 3. The van der Waals surface area contributed by atoms with Gasteiger partial charge in [-0.15, -0.1) is 10.2 Å². The third kappa shape index (κ3) is 6.41. The standard InChI is InChI=1S/C25H21N7O4S/c1-36-22-7-3-5-18(13-22)16-37-25-30-29-23(31(25)20-8-10-21(11-9-20)32(34)35)15-27-24(33)28-19-6-2-4-17(12-19)14-26/h2-13H,15-16H2,1H3,(H2,27,28,33). The van der Waals surface area contributed by atoms with Crippen molar-refractivity contribution in [3.63, 3.8) is 0 Å². The highest BCUT2D eigenvalue weighted by molar-refractivity contribution is 7.98. The first-order valence-electron chi connectivity index (χ1n) is 11.0. The Kier molecular flexibility index (Phi) is 7.97. The number of rotatable bonds is 9. The fourth-order valence-corrected chi connectivity index (χ4v) is 4.32. The Balaban J connectivity index is 1.54. The molecule has 2 N–H and O–H groups in total. The fourth-order valence-electron chi connectivity index (χ4n) is 3.40. The predicted octanol–water partition coefficient (Wildman–Crippen LogP) is 4.67. The monoisotopic (exact) mass is 515 g/mol. The zero-order chi connectivity index (χ0) is 26.2. The van der Waals surface area contributed by atoms with Gasteiger partial charge in [0.2, 0.25) is 0 Å². The topological polar surface area (TPSA) is 148 Å². The van der Waals surface area contributed by atoms with Gasteiger partial charge in [0.15, 0.2) is 11.0 Å². The van der Waals surface area contributed by atoms with Crippen molar-refractivity contribution in [3.8, 4) is 17.5 Å². The van der Waals surface area contributed by atoms with E-state index < -0.39 is 11.0 Å². The summed E-state index contributed by atoms with van der Waals surface area (Å²) in [7, 11) is 1.60. The minimum atomic E-state index is -0.487. The summed E-state index contributed by atoms with van der Waals surface area (Å²) in [4.78, 5) is 23.1. The molecule has 0 saturated carbocycles. The van der Waals surface area contributed by atoms with Crippen molar-refractivity contribution < 1.29 is 14.5 Å². The summed E-state index contributed by atoms with van der Waals surface area (Å²) in [5, 5.41) is 34.7. The van der Waals surface area contributed by atoms with E-state index >= 15 is 0 Å². The van der Waals surface area contributed by atoms with Crippen LogP contribution < -0.4 is 15.4 Å². The molecular formula is C25H21N7O4S. The highest BCUT2D eigenvalue weighted by atomic mass is 32.2. The van der Waals surface area contributed by atoms with Crippen molar-refractivity contribution in [2.45, 2.75) is 17.5 Å². The van der Waals surface area contributed by atoms with Gasteiger partial charge in [-0.3, -0.25) is 14.7 Å². The van der Waals surface area contributed by atoms with E-state index in [1.807, 2.05) is 30.3 Å². The normalized spacial score (nSPS) is 10.4. The number of amides is 2. The molecule has 0 aliphatic heterocycles. The third-order valence-electron chi connectivity index (χ3n) is 5.18. The van der Waals surface area contributed by atoms with Gasteiger partial charge in [-0.25, -0.2) is 4.79 Å². The van der Waals surface area contributed by atoms with E-state index in [2.05, 4.69) is 20.8 Å². The van der Waals surface area contributed by atoms with E-state index in [1.54, 1.807) is 48.1 Å². The number of hydrogen-bond acceptors (Lipinski definition) is 8. The van der Waals surface area contributed by atoms with Gasteiger partial charge in [-0.05, 0) is 48.0 Å². The molecule has 0 aliphatic rings. The molecule has 0 aliphatic carbocycles. The Bertz CT molecular complexity index is 1460. The largest absolute Gasteiger partial charge is 0.497 e. The second kappa shape index (κ2) is 11.7. The minimum absolute atomic E-state index is 0.0352.